The summed E-state index contributed by atoms with van der Waals surface area (Å²) < 4.78 is 38.7. The smallest absolute Gasteiger partial charge is 0.338 e. The van der Waals surface area contributed by atoms with Crippen LogP contribution in [-0.4, -0.2) is 123 Å². The summed E-state index contributed by atoms with van der Waals surface area (Å²) in [7, 11) is 9.81. The Morgan fingerprint density at radius 2 is 1.37 bits per heavy atom. The molecule has 1 aliphatic carbocycles. The van der Waals surface area contributed by atoms with E-state index in [-0.39, 0.29) is 23.1 Å². The van der Waals surface area contributed by atoms with E-state index in [1.807, 2.05) is 117 Å². The third kappa shape index (κ3) is 27.8. The van der Waals surface area contributed by atoms with Crippen LogP contribution in [0.5, 0.6) is 0 Å². The zero-order valence-corrected chi connectivity index (χ0v) is 48.1. The molecule has 402 valence electrons. The average molecular weight is 982 g/mol. The molecule has 0 heterocycles. The zero-order valence-electron chi connectivity index (χ0n) is 48.1. The number of carbonyl (C=O) groups is 1. The lowest BCUT2D eigenvalue weighted by molar-refractivity contribution is -0.164. The van der Waals surface area contributed by atoms with Gasteiger partial charge in [-0.2, -0.15) is 0 Å². The molecule has 70 heavy (non-hydrogen) atoms. The van der Waals surface area contributed by atoms with Gasteiger partial charge in [0.1, 0.15) is 5.60 Å². The molecule has 11 heteroatoms. The number of aliphatic hydroxyl groups is 1. The van der Waals surface area contributed by atoms with E-state index in [2.05, 4.69) is 92.9 Å². The van der Waals surface area contributed by atoms with Crippen molar-refractivity contribution in [2.45, 2.75) is 196 Å². The highest BCUT2D eigenvalue weighted by Gasteiger charge is 2.42. The highest BCUT2D eigenvalue weighted by atomic mass is 16.6. The normalized spacial score (nSPS) is 16.3. The topological polar surface area (TPSA) is 111 Å². The molecule has 0 aromatic carbocycles. The van der Waals surface area contributed by atoms with E-state index < -0.39 is 28.7 Å². The number of carbonyl (C=O) groups excluding carboxylic acids is 1. The first-order chi connectivity index (χ1) is 32.4. The van der Waals surface area contributed by atoms with E-state index in [0.717, 1.165) is 55.5 Å². The first-order valence-corrected chi connectivity index (χ1v) is 25.7. The monoisotopic (exact) mass is 982 g/mol. The van der Waals surface area contributed by atoms with Crippen LogP contribution >= 0.6 is 0 Å². The number of aliphatic hydroxyl groups excluding tert-OH is 1. The molecule has 1 rings (SSSR count). The molecule has 0 aromatic rings. The molecule has 0 aromatic heterocycles. The lowest BCUT2D eigenvalue weighted by Gasteiger charge is -2.45. The van der Waals surface area contributed by atoms with Gasteiger partial charge in [-0.1, -0.05) is 70.7 Å². The molecular formula is C59H103N3O8. The first kappa shape index (κ1) is 66.3. The van der Waals surface area contributed by atoms with Crippen LogP contribution in [0.15, 0.2) is 108 Å². The third-order valence-electron chi connectivity index (χ3n) is 12.3. The Balaban J connectivity index is 0.0000235. The van der Waals surface area contributed by atoms with Crippen LogP contribution < -0.4 is 5.32 Å². The van der Waals surface area contributed by atoms with E-state index in [1.165, 1.54) is 0 Å². The van der Waals surface area contributed by atoms with Crippen molar-refractivity contribution in [3.8, 4) is 0 Å². The predicted octanol–water partition coefficient (Wildman–Crippen LogP) is 12.7. The Labute approximate surface area is 428 Å². The van der Waals surface area contributed by atoms with Crippen molar-refractivity contribution >= 4 is 5.97 Å². The fraction of sp³-hybridized carbons (Fsp3) is 0.678. The molecule has 0 radical (unpaired) electrons. The van der Waals surface area contributed by atoms with E-state index >= 15 is 0 Å². The molecule has 0 saturated carbocycles. The molecule has 2 N–H and O–H groups in total. The quantitative estimate of drug-likeness (QED) is 0.0365. The fourth-order valence-electron chi connectivity index (χ4n) is 8.27. The number of likely N-dealkylation sites (N-methyl/N-ethyl adjacent to an activating group) is 1. The number of esters is 1. The molecule has 1 aliphatic rings. The van der Waals surface area contributed by atoms with Gasteiger partial charge in [-0.15, -0.1) is 0 Å². The van der Waals surface area contributed by atoms with Crippen molar-refractivity contribution in [1.82, 2.24) is 15.1 Å². The summed E-state index contributed by atoms with van der Waals surface area (Å²) in [6, 6.07) is 0. The van der Waals surface area contributed by atoms with Gasteiger partial charge in [0.25, 0.3) is 0 Å². The summed E-state index contributed by atoms with van der Waals surface area (Å²) in [4.78, 5) is 17.4. The van der Waals surface area contributed by atoms with E-state index in [9.17, 15) is 9.90 Å². The summed E-state index contributed by atoms with van der Waals surface area (Å²) >= 11 is 0. The van der Waals surface area contributed by atoms with Gasteiger partial charge < -0.3 is 48.6 Å². The van der Waals surface area contributed by atoms with E-state index in [0.29, 0.717) is 50.4 Å². The maximum atomic E-state index is 13.3. The molecule has 3 unspecified atom stereocenters. The van der Waals surface area contributed by atoms with Crippen molar-refractivity contribution in [3.05, 3.63) is 108 Å². The fourth-order valence-corrected chi connectivity index (χ4v) is 8.27. The number of nitrogens with zero attached hydrogens (tertiary/aromatic N) is 2. The SMILES string of the molecule is C=C/C(=C\C=C\NC)C(O)OC(C)(C)CCOC(C)(C)CC(CC)(CC(C)OCCC(C)(C)OC/C(C)=C/C=C(\C=C)N(C)C)CC(C)(C)OCCC(C)(C)OC(=O)C1=CC=C(N(C)C)CC=C1.CC. The van der Waals surface area contributed by atoms with Gasteiger partial charge >= 0.3 is 5.97 Å². The summed E-state index contributed by atoms with van der Waals surface area (Å²) in [5.41, 5.74) is 1.32. The van der Waals surface area contributed by atoms with E-state index in [4.69, 9.17) is 28.4 Å². The van der Waals surface area contributed by atoms with Gasteiger partial charge in [-0.25, -0.2) is 4.79 Å². The summed E-state index contributed by atoms with van der Waals surface area (Å²) in [5.74, 6) is -0.345. The Morgan fingerprint density at radius 3 is 1.89 bits per heavy atom. The number of rotatable bonds is 34. The van der Waals surface area contributed by atoms with Crippen LogP contribution in [-0.2, 0) is 33.2 Å². The van der Waals surface area contributed by atoms with Crippen molar-refractivity contribution in [2.24, 2.45) is 5.41 Å². The van der Waals surface area contributed by atoms with Gasteiger partial charge in [0.05, 0.1) is 53.9 Å². The lowest BCUT2D eigenvalue weighted by Crippen LogP contribution is -2.43. The number of allylic oxidation sites excluding steroid dienone is 8. The largest absolute Gasteiger partial charge is 0.456 e. The Kier molecular flexibility index (Phi) is 30.0. The molecule has 0 spiro atoms. The maximum Gasteiger partial charge on any atom is 0.338 e. The summed E-state index contributed by atoms with van der Waals surface area (Å²) in [5, 5.41) is 13.8. The lowest BCUT2D eigenvalue weighted by atomic mass is 9.67. The van der Waals surface area contributed by atoms with Crippen molar-refractivity contribution in [1.29, 1.82) is 0 Å². The predicted molar refractivity (Wildman–Crippen MR) is 294 cm³/mol. The molecule has 0 amide bonds. The number of ether oxygens (including phenoxy) is 6. The molecule has 0 bridgehead atoms. The minimum Gasteiger partial charge on any atom is -0.456 e. The molecule has 0 fully saturated rings. The van der Waals surface area contributed by atoms with Crippen LogP contribution in [0, 0.1) is 5.41 Å². The summed E-state index contributed by atoms with van der Waals surface area (Å²) in [6.45, 7) is 40.9. The van der Waals surface area contributed by atoms with Crippen LogP contribution in [0.4, 0.5) is 0 Å². The molecule has 3 atom stereocenters. The van der Waals surface area contributed by atoms with Crippen LogP contribution in [0.2, 0.25) is 0 Å². The standard InChI is InChI=1S/C57H97N3O8.C2H6/c1-21-46(27-25-36-58-16)50(61)67-53(8,9)34-38-64-55(12,13)42-57(23-3,40-45(5)63-37-33-52(6,7)66-41-44(4)29-31-48(22-2)59(17)18)43-56(14,15)65-39-35-54(10,11)68-51(62)47-26-24-28-49(32-30-47)60(19)20;1-2/h21-22,24-27,29-32,36,45,50,58,61H,1-2,23,28,33-35,37-43H2,3-20H3;1-2H3/b36-25+,44-29+,46-27+,48-31+;. The first-order valence-electron chi connectivity index (χ1n) is 25.7. The second-order valence-corrected chi connectivity index (χ2v) is 22.0. The van der Waals surface area contributed by atoms with E-state index in [1.54, 1.807) is 24.4 Å². The van der Waals surface area contributed by atoms with Crippen molar-refractivity contribution in [3.63, 3.8) is 0 Å². The molecule has 0 aliphatic heterocycles. The minimum atomic E-state index is -1.13. The van der Waals surface area contributed by atoms with Crippen molar-refractivity contribution in [2.75, 3.05) is 61.7 Å². The van der Waals surface area contributed by atoms with Gasteiger partial charge in [-0.05, 0) is 163 Å². The summed E-state index contributed by atoms with van der Waals surface area (Å²) in [6.07, 6.45) is 25.2. The molecule has 11 nitrogen and oxygen atoms in total. The highest BCUT2D eigenvalue weighted by Crippen LogP contribution is 2.46. The highest BCUT2D eigenvalue weighted by molar-refractivity contribution is 5.92. The number of hydrogen-bond acceptors (Lipinski definition) is 11. The minimum absolute atomic E-state index is 0.0503. The van der Waals surface area contributed by atoms with Crippen LogP contribution in [0.1, 0.15) is 155 Å². The van der Waals surface area contributed by atoms with Crippen LogP contribution in [0.3, 0.4) is 0 Å². The third-order valence-corrected chi connectivity index (χ3v) is 12.3. The Bertz CT molecular complexity index is 1790. The van der Waals surface area contributed by atoms with Gasteiger partial charge in [-0.3, -0.25) is 0 Å². The van der Waals surface area contributed by atoms with Gasteiger partial charge in [0.15, 0.2) is 6.29 Å². The molecular weight excluding hydrogens is 879 g/mol. The van der Waals surface area contributed by atoms with Gasteiger partial charge in [0, 0.05) is 71.7 Å². The maximum absolute atomic E-state index is 13.3. The van der Waals surface area contributed by atoms with Crippen LogP contribution in [0.25, 0.3) is 0 Å². The van der Waals surface area contributed by atoms with Crippen molar-refractivity contribution < 1.29 is 38.3 Å². The number of hydrogen-bond donors (Lipinski definition) is 2. The average Bonchev–Trinajstić information content (AvgIpc) is 3.51. The number of nitrogens with one attached hydrogen (secondary N) is 1. The second kappa shape index (κ2) is 31.7. The molecule has 0 saturated heterocycles. The zero-order chi connectivity index (χ0) is 54.0. The Morgan fingerprint density at radius 1 is 0.800 bits per heavy atom. The Hall–Kier alpha value is -3.71. The van der Waals surface area contributed by atoms with Gasteiger partial charge in [0.2, 0.25) is 0 Å². The second-order valence-electron chi connectivity index (χ2n) is 22.0.